The van der Waals surface area contributed by atoms with E-state index in [-0.39, 0.29) is 6.03 Å². The zero-order valence-corrected chi connectivity index (χ0v) is 13.9. The second-order valence-corrected chi connectivity index (χ2v) is 5.63. The van der Waals surface area contributed by atoms with Gasteiger partial charge in [0.25, 0.3) is 0 Å². The van der Waals surface area contributed by atoms with Crippen molar-refractivity contribution in [3.05, 3.63) is 24.3 Å². The molecule has 23 heavy (non-hydrogen) atoms. The molecule has 1 aliphatic rings. The highest BCUT2D eigenvalue weighted by molar-refractivity contribution is 5.91. The molecule has 1 aromatic carbocycles. The number of anilines is 1. The molecule has 0 radical (unpaired) electrons. The molecular formula is C17H26N2O4. The minimum Gasteiger partial charge on any atom is -0.495 e. The topological polar surface area (TPSA) is 60.0 Å². The average molecular weight is 322 g/mol. The fourth-order valence-electron chi connectivity index (χ4n) is 2.64. The number of methoxy groups -OCH3 is 2. The molecule has 0 aliphatic carbocycles. The summed E-state index contributed by atoms with van der Waals surface area (Å²) >= 11 is 0. The van der Waals surface area contributed by atoms with Gasteiger partial charge in [-0.3, -0.25) is 0 Å². The van der Waals surface area contributed by atoms with Crippen LogP contribution in [0.4, 0.5) is 10.5 Å². The van der Waals surface area contributed by atoms with Gasteiger partial charge < -0.3 is 24.4 Å². The highest BCUT2D eigenvalue weighted by Crippen LogP contribution is 2.24. The molecule has 1 saturated heterocycles. The summed E-state index contributed by atoms with van der Waals surface area (Å²) in [6.07, 6.45) is 1.93. The molecule has 1 aromatic rings. The molecule has 2 rings (SSSR count). The predicted octanol–water partition coefficient (Wildman–Crippen LogP) is 2.60. The Kier molecular flexibility index (Phi) is 7.16. The number of hydrogen-bond acceptors (Lipinski definition) is 4. The first kappa shape index (κ1) is 17.6. The largest absolute Gasteiger partial charge is 0.495 e. The lowest BCUT2D eigenvalue weighted by Crippen LogP contribution is -2.41. The van der Waals surface area contributed by atoms with E-state index in [2.05, 4.69) is 5.32 Å². The number of carbonyl (C=O) groups is 1. The maximum Gasteiger partial charge on any atom is 0.321 e. The van der Waals surface area contributed by atoms with E-state index in [1.165, 1.54) is 0 Å². The van der Waals surface area contributed by atoms with Crippen molar-refractivity contribution in [1.29, 1.82) is 0 Å². The molecule has 128 valence electrons. The standard InChI is InChI=1S/C17H26N2O4/c1-21-11-12-23-13-14-7-9-19(10-8-14)17(20)18-15-5-3-4-6-16(15)22-2/h3-6,14H,7-13H2,1-2H3,(H,18,20). The third-order valence-corrected chi connectivity index (χ3v) is 4.04. The zero-order valence-electron chi connectivity index (χ0n) is 13.9. The molecule has 1 fully saturated rings. The lowest BCUT2D eigenvalue weighted by atomic mass is 9.98. The van der Waals surface area contributed by atoms with Crippen molar-refractivity contribution in [1.82, 2.24) is 4.90 Å². The van der Waals surface area contributed by atoms with Gasteiger partial charge in [0.1, 0.15) is 5.75 Å². The predicted molar refractivity (Wildman–Crippen MR) is 89.0 cm³/mol. The van der Waals surface area contributed by atoms with E-state index < -0.39 is 0 Å². The van der Waals surface area contributed by atoms with Gasteiger partial charge in [-0.2, -0.15) is 0 Å². The molecule has 1 aliphatic heterocycles. The number of amides is 2. The number of para-hydroxylation sites is 2. The van der Waals surface area contributed by atoms with Crippen LogP contribution in [0, 0.1) is 5.92 Å². The molecule has 6 nitrogen and oxygen atoms in total. The van der Waals surface area contributed by atoms with Crippen LogP contribution in [0.1, 0.15) is 12.8 Å². The number of piperidine rings is 1. The second kappa shape index (κ2) is 9.37. The van der Waals surface area contributed by atoms with Crippen LogP contribution in [0.2, 0.25) is 0 Å². The maximum atomic E-state index is 12.4. The summed E-state index contributed by atoms with van der Waals surface area (Å²) in [5, 5.41) is 2.92. The monoisotopic (exact) mass is 322 g/mol. The van der Waals surface area contributed by atoms with E-state index in [0.29, 0.717) is 30.6 Å². The van der Waals surface area contributed by atoms with Gasteiger partial charge in [0.2, 0.25) is 0 Å². The summed E-state index contributed by atoms with van der Waals surface area (Å²) in [5.41, 5.74) is 0.699. The van der Waals surface area contributed by atoms with E-state index in [4.69, 9.17) is 14.2 Å². The summed E-state index contributed by atoms with van der Waals surface area (Å²) in [7, 11) is 3.27. The van der Waals surface area contributed by atoms with E-state index in [9.17, 15) is 4.79 Å². The Bertz CT molecular complexity index is 487. The van der Waals surface area contributed by atoms with Crippen LogP contribution in [0.3, 0.4) is 0 Å². The molecule has 0 spiro atoms. The summed E-state index contributed by atoms with van der Waals surface area (Å²) in [6.45, 7) is 3.50. The van der Waals surface area contributed by atoms with Gasteiger partial charge in [-0.15, -0.1) is 0 Å². The fourth-order valence-corrected chi connectivity index (χ4v) is 2.64. The molecule has 0 unspecified atom stereocenters. The molecule has 0 aromatic heterocycles. The number of urea groups is 1. The number of carbonyl (C=O) groups excluding carboxylic acids is 1. The van der Waals surface area contributed by atoms with Crippen LogP contribution in [0.25, 0.3) is 0 Å². The molecule has 0 saturated carbocycles. The van der Waals surface area contributed by atoms with Crippen molar-refractivity contribution in [2.75, 3.05) is 52.4 Å². The SMILES string of the molecule is COCCOCC1CCN(C(=O)Nc2ccccc2OC)CC1. The Hall–Kier alpha value is -1.79. The fraction of sp³-hybridized carbons (Fsp3) is 0.588. The molecule has 6 heteroatoms. The molecule has 1 heterocycles. The number of likely N-dealkylation sites (tertiary alicyclic amines) is 1. The number of rotatable bonds is 7. The third kappa shape index (κ3) is 5.41. The Labute approximate surface area is 137 Å². The average Bonchev–Trinajstić information content (AvgIpc) is 2.59. The Morgan fingerprint density at radius 2 is 1.96 bits per heavy atom. The lowest BCUT2D eigenvalue weighted by molar-refractivity contribution is 0.0386. The van der Waals surface area contributed by atoms with Crippen LogP contribution in [-0.2, 0) is 9.47 Å². The zero-order chi connectivity index (χ0) is 16.5. The van der Waals surface area contributed by atoms with Crippen LogP contribution < -0.4 is 10.1 Å². The molecule has 0 bridgehead atoms. The van der Waals surface area contributed by atoms with Crippen LogP contribution in [0.15, 0.2) is 24.3 Å². The van der Waals surface area contributed by atoms with Gasteiger partial charge in [0.15, 0.2) is 0 Å². The maximum absolute atomic E-state index is 12.4. The van der Waals surface area contributed by atoms with Crippen molar-refractivity contribution in [3.63, 3.8) is 0 Å². The minimum absolute atomic E-state index is 0.0757. The highest BCUT2D eigenvalue weighted by atomic mass is 16.5. The smallest absolute Gasteiger partial charge is 0.321 e. The number of benzene rings is 1. The van der Waals surface area contributed by atoms with Gasteiger partial charge in [-0.1, -0.05) is 12.1 Å². The van der Waals surface area contributed by atoms with Crippen LogP contribution >= 0.6 is 0 Å². The minimum atomic E-state index is -0.0757. The first-order valence-electron chi connectivity index (χ1n) is 8.00. The van der Waals surface area contributed by atoms with E-state index in [1.54, 1.807) is 14.2 Å². The summed E-state index contributed by atoms with van der Waals surface area (Å²) in [6, 6.07) is 7.35. The quantitative estimate of drug-likeness (QED) is 0.784. The number of nitrogens with zero attached hydrogens (tertiary/aromatic N) is 1. The van der Waals surface area contributed by atoms with Crippen molar-refractivity contribution in [2.45, 2.75) is 12.8 Å². The first-order valence-corrected chi connectivity index (χ1v) is 8.00. The number of ether oxygens (including phenoxy) is 3. The third-order valence-electron chi connectivity index (χ3n) is 4.04. The van der Waals surface area contributed by atoms with Gasteiger partial charge in [0.05, 0.1) is 26.0 Å². The Morgan fingerprint density at radius 3 is 2.65 bits per heavy atom. The Balaban J connectivity index is 1.75. The van der Waals surface area contributed by atoms with Crippen molar-refractivity contribution in [2.24, 2.45) is 5.92 Å². The van der Waals surface area contributed by atoms with Gasteiger partial charge in [-0.25, -0.2) is 4.79 Å². The summed E-state index contributed by atoms with van der Waals surface area (Å²) in [4.78, 5) is 14.2. The van der Waals surface area contributed by atoms with Gasteiger partial charge >= 0.3 is 6.03 Å². The van der Waals surface area contributed by atoms with Crippen molar-refractivity contribution in [3.8, 4) is 5.75 Å². The Morgan fingerprint density at radius 1 is 1.22 bits per heavy atom. The molecule has 2 amide bonds. The second-order valence-electron chi connectivity index (χ2n) is 5.63. The molecule has 0 atom stereocenters. The molecular weight excluding hydrogens is 296 g/mol. The van der Waals surface area contributed by atoms with Crippen LogP contribution in [0.5, 0.6) is 5.75 Å². The number of hydrogen-bond donors (Lipinski definition) is 1. The highest BCUT2D eigenvalue weighted by Gasteiger charge is 2.23. The van der Waals surface area contributed by atoms with Crippen LogP contribution in [-0.4, -0.2) is 58.1 Å². The van der Waals surface area contributed by atoms with E-state index in [0.717, 1.165) is 32.5 Å². The van der Waals surface area contributed by atoms with Crippen molar-refractivity contribution >= 4 is 11.7 Å². The van der Waals surface area contributed by atoms with E-state index in [1.807, 2.05) is 29.2 Å². The molecule has 1 N–H and O–H groups in total. The normalized spacial score (nSPS) is 15.5. The summed E-state index contributed by atoms with van der Waals surface area (Å²) in [5.74, 6) is 1.18. The van der Waals surface area contributed by atoms with E-state index >= 15 is 0 Å². The summed E-state index contributed by atoms with van der Waals surface area (Å²) < 4.78 is 15.8. The first-order chi connectivity index (χ1) is 11.2. The van der Waals surface area contributed by atoms with Gasteiger partial charge in [-0.05, 0) is 30.9 Å². The lowest BCUT2D eigenvalue weighted by Gasteiger charge is -2.32. The number of nitrogens with one attached hydrogen (secondary N) is 1. The van der Waals surface area contributed by atoms with Gasteiger partial charge in [0, 0.05) is 26.8 Å². The van der Waals surface area contributed by atoms with Crippen molar-refractivity contribution < 1.29 is 19.0 Å².